The van der Waals surface area contributed by atoms with Crippen molar-refractivity contribution in [3.05, 3.63) is 35.9 Å². The molecule has 1 aromatic carbocycles. The molecule has 1 aliphatic heterocycles. The molecule has 0 aliphatic carbocycles. The van der Waals surface area contributed by atoms with Crippen LogP contribution in [0.4, 0.5) is 0 Å². The molecule has 2 rings (SSSR count). The van der Waals surface area contributed by atoms with Crippen molar-refractivity contribution in [2.24, 2.45) is 0 Å². The molecular formula is C14H20N2O2S. The fourth-order valence-corrected chi connectivity index (χ4v) is 3.21. The van der Waals surface area contributed by atoms with Crippen LogP contribution in [0.1, 0.15) is 11.6 Å². The van der Waals surface area contributed by atoms with Crippen LogP contribution in [0.2, 0.25) is 0 Å². The van der Waals surface area contributed by atoms with E-state index >= 15 is 0 Å². The fraction of sp³-hybridized carbons (Fsp3) is 0.500. The lowest BCUT2D eigenvalue weighted by Gasteiger charge is -2.33. The predicted molar refractivity (Wildman–Crippen MR) is 78.2 cm³/mol. The molecule has 0 bridgehead atoms. The molecule has 0 aromatic heterocycles. The Balaban J connectivity index is 2.14. The Labute approximate surface area is 118 Å². The van der Waals surface area contributed by atoms with E-state index in [1.54, 1.807) is 0 Å². The van der Waals surface area contributed by atoms with Crippen LogP contribution in [0.15, 0.2) is 30.3 Å². The maximum atomic E-state index is 12.3. The Morgan fingerprint density at radius 3 is 2.63 bits per heavy atom. The highest BCUT2D eigenvalue weighted by atomic mass is 32.2. The highest BCUT2D eigenvalue weighted by Gasteiger charge is 2.28. The van der Waals surface area contributed by atoms with Gasteiger partial charge in [-0.05, 0) is 5.56 Å². The van der Waals surface area contributed by atoms with Crippen LogP contribution >= 0.6 is 11.8 Å². The van der Waals surface area contributed by atoms with E-state index in [1.807, 2.05) is 42.1 Å². The fourth-order valence-electron chi connectivity index (χ4n) is 2.27. The standard InChI is InChI=1S/C14H20N2O2S/c17-9-6-15-14(18)13(12-4-2-1-3-5-12)16-7-10-19-11-8-16/h1-5,13,17H,6-11H2,(H,15,18). The van der Waals surface area contributed by atoms with Crippen LogP contribution in [0.5, 0.6) is 0 Å². The number of nitrogens with zero attached hydrogens (tertiary/aromatic N) is 1. The average molecular weight is 280 g/mol. The summed E-state index contributed by atoms with van der Waals surface area (Å²) < 4.78 is 0. The summed E-state index contributed by atoms with van der Waals surface area (Å²) in [5.41, 5.74) is 1.02. The molecule has 1 unspecified atom stereocenters. The van der Waals surface area contributed by atoms with E-state index in [4.69, 9.17) is 5.11 Å². The molecule has 1 fully saturated rings. The summed E-state index contributed by atoms with van der Waals surface area (Å²) in [5, 5.41) is 11.6. The van der Waals surface area contributed by atoms with Crippen LogP contribution in [-0.2, 0) is 4.79 Å². The number of amides is 1. The highest BCUT2D eigenvalue weighted by Crippen LogP contribution is 2.24. The second-order valence-corrected chi connectivity index (χ2v) is 5.70. The van der Waals surface area contributed by atoms with E-state index in [0.29, 0.717) is 6.54 Å². The van der Waals surface area contributed by atoms with Crippen molar-refractivity contribution in [3.8, 4) is 0 Å². The summed E-state index contributed by atoms with van der Waals surface area (Å²) in [5.74, 6) is 2.11. The lowest BCUT2D eigenvalue weighted by Crippen LogP contribution is -2.44. The van der Waals surface area contributed by atoms with E-state index in [2.05, 4.69) is 10.2 Å². The van der Waals surface area contributed by atoms with Crippen LogP contribution < -0.4 is 5.32 Å². The van der Waals surface area contributed by atoms with Gasteiger partial charge in [-0.3, -0.25) is 9.69 Å². The Bertz CT molecular complexity index is 394. The van der Waals surface area contributed by atoms with Crippen LogP contribution in [-0.4, -0.2) is 53.7 Å². The first-order valence-electron chi connectivity index (χ1n) is 6.58. The number of benzene rings is 1. The zero-order chi connectivity index (χ0) is 13.5. The third-order valence-electron chi connectivity index (χ3n) is 3.19. The minimum absolute atomic E-state index is 0.0212. The Kier molecular flexibility index (Phi) is 5.69. The number of carbonyl (C=O) groups is 1. The van der Waals surface area contributed by atoms with Gasteiger partial charge in [-0.25, -0.2) is 0 Å². The normalized spacial score (nSPS) is 17.9. The molecule has 1 saturated heterocycles. The molecule has 1 aliphatic rings. The molecule has 19 heavy (non-hydrogen) atoms. The molecule has 1 atom stereocenters. The summed E-state index contributed by atoms with van der Waals surface area (Å²) in [7, 11) is 0. The van der Waals surface area contributed by atoms with Crippen LogP contribution in [0.3, 0.4) is 0 Å². The van der Waals surface area contributed by atoms with Crippen molar-refractivity contribution >= 4 is 17.7 Å². The molecule has 0 radical (unpaired) electrons. The summed E-state index contributed by atoms with van der Waals surface area (Å²) in [4.78, 5) is 14.6. The average Bonchev–Trinajstić information content (AvgIpc) is 2.47. The lowest BCUT2D eigenvalue weighted by atomic mass is 10.0. The van der Waals surface area contributed by atoms with E-state index in [0.717, 1.165) is 30.2 Å². The van der Waals surface area contributed by atoms with Crippen molar-refractivity contribution in [2.45, 2.75) is 6.04 Å². The lowest BCUT2D eigenvalue weighted by molar-refractivity contribution is -0.126. The van der Waals surface area contributed by atoms with E-state index < -0.39 is 0 Å². The van der Waals surface area contributed by atoms with Gasteiger partial charge in [-0.2, -0.15) is 11.8 Å². The Morgan fingerprint density at radius 2 is 2.00 bits per heavy atom. The van der Waals surface area contributed by atoms with Crippen LogP contribution in [0, 0.1) is 0 Å². The Hall–Kier alpha value is -1.04. The first-order chi connectivity index (χ1) is 9.33. The van der Waals surface area contributed by atoms with Crippen LogP contribution in [0.25, 0.3) is 0 Å². The van der Waals surface area contributed by atoms with Crippen molar-refractivity contribution in [2.75, 3.05) is 37.7 Å². The van der Waals surface area contributed by atoms with E-state index in [9.17, 15) is 4.79 Å². The first kappa shape index (κ1) is 14.4. The summed E-state index contributed by atoms with van der Waals surface area (Å²) in [6, 6.07) is 9.61. The molecule has 4 nitrogen and oxygen atoms in total. The molecule has 104 valence electrons. The number of carbonyl (C=O) groups excluding carboxylic acids is 1. The number of rotatable bonds is 5. The molecule has 2 N–H and O–H groups in total. The van der Waals surface area contributed by atoms with Crippen molar-refractivity contribution < 1.29 is 9.90 Å². The third-order valence-corrected chi connectivity index (χ3v) is 4.13. The topological polar surface area (TPSA) is 52.6 Å². The Morgan fingerprint density at radius 1 is 1.32 bits per heavy atom. The molecule has 0 spiro atoms. The van der Waals surface area contributed by atoms with Gasteiger partial charge in [-0.1, -0.05) is 30.3 Å². The van der Waals surface area contributed by atoms with Crippen molar-refractivity contribution in [3.63, 3.8) is 0 Å². The van der Waals surface area contributed by atoms with E-state index in [-0.39, 0.29) is 18.6 Å². The van der Waals surface area contributed by atoms with Gasteiger partial charge in [0.25, 0.3) is 0 Å². The van der Waals surface area contributed by atoms with Gasteiger partial charge in [-0.15, -0.1) is 0 Å². The number of hydrogen-bond donors (Lipinski definition) is 2. The second kappa shape index (κ2) is 7.53. The number of aliphatic hydroxyl groups excluding tert-OH is 1. The van der Waals surface area contributed by atoms with E-state index in [1.165, 1.54) is 0 Å². The van der Waals surface area contributed by atoms with Crippen molar-refractivity contribution in [1.29, 1.82) is 0 Å². The largest absolute Gasteiger partial charge is 0.395 e. The van der Waals surface area contributed by atoms with Gasteiger partial charge in [0.2, 0.25) is 5.91 Å². The zero-order valence-electron chi connectivity index (χ0n) is 10.9. The predicted octanol–water partition coefficient (Wildman–Crippen LogP) is 0.885. The molecule has 1 aromatic rings. The number of thioether (sulfide) groups is 1. The SMILES string of the molecule is O=C(NCCO)C(c1ccccc1)N1CCSCC1. The molecular weight excluding hydrogens is 260 g/mol. The quantitative estimate of drug-likeness (QED) is 0.841. The zero-order valence-corrected chi connectivity index (χ0v) is 11.7. The summed E-state index contributed by atoms with van der Waals surface area (Å²) >= 11 is 1.93. The van der Waals surface area contributed by atoms with Gasteiger partial charge in [0.15, 0.2) is 0 Å². The van der Waals surface area contributed by atoms with Crippen molar-refractivity contribution in [1.82, 2.24) is 10.2 Å². The maximum absolute atomic E-state index is 12.3. The smallest absolute Gasteiger partial charge is 0.242 e. The second-order valence-electron chi connectivity index (χ2n) is 4.48. The molecule has 1 heterocycles. The molecule has 5 heteroatoms. The first-order valence-corrected chi connectivity index (χ1v) is 7.73. The summed E-state index contributed by atoms with van der Waals surface area (Å²) in [6.45, 7) is 2.14. The van der Waals surface area contributed by atoms with Gasteiger partial charge in [0, 0.05) is 31.1 Å². The number of nitrogens with one attached hydrogen (secondary N) is 1. The van der Waals surface area contributed by atoms with Gasteiger partial charge in [0.1, 0.15) is 6.04 Å². The third kappa shape index (κ3) is 3.96. The minimum atomic E-state index is -0.242. The van der Waals surface area contributed by atoms with Gasteiger partial charge >= 0.3 is 0 Å². The molecule has 1 amide bonds. The van der Waals surface area contributed by atoms with Gasteiger partial charge < -0.3 is 10.4 Å². The highest BCUT2D eigenvalue weighted by molar-refractivity contribution is 7.99. The van der Waals surface area contributed by atoms with Gasteiger partial charge in [0.05, 0.1) is 6.61 Å². The minimum Gasteiger partial charge on any atom is -0.395 e. The molecule has 0 saturated carbocycles. The monoisotopic (exact) mass is 280 g/mol. The number of hydrogen-bond acceptors (Lipinski definition) is 4. The maximum Gasteiger partial charge on any atom is 0.242 e. The number of aliphatic hydroxyl groups is 1. The summed E-state index contributed by atoms with van der Waals surface area (Å²) in [6.07, 6.45) is 0.